The Bertz CT molecular complexity index is 383. The summed E-state index contributed by atoms with van der Waals surface area (Å²) in [5.41, 5.74) is 5.97. The van der Waals surface area contributed by atoms with E-state index in [4.69, 9.17) is 5.73 Å². The first-order valence-electron chi connectivity index (χ1n) is 7.78. The number of hydrogen-bond donors (Lipinski definition) is 1. The van der Waals surface area contributed by atoms with Crippen molar-refractivity contribution in [2.75, 3.05) is 6.54 Å². The second-order valence-electron chi connectivity index (χ2n) is 6.57. The molecule has 0 aliphatic heterocycles. The standard InChI is InChI=1S/C16H29N3/c1-12(2)13-4-5-15(11-17)14(10-13)6-7-16-18-8-9-19(16)3/h8-9,12-15H,4-7,10-11,17H2,1-3H3. The Labute approximate surface area is 117 Å². The summed E-state index contributed by atoms with van der Waals surface area (Å²) >= 11 is 0. The van der Waals surface area contributed by atoms with Gasteiger partial charge in [0, 0.05) is 25.9 Å². The average molecular weight is 263 g/mol. The highest BCUT2D eigenvalue weighted by atomic mass is 15.0. The van der Waals surface area contributed by atoms with E-state index < -0.39 is 0 Å². The van der Waals surface area contributed by atoms with Gasteiger partial charge in [0.2, 0.25) is 0 Å². The molecule has 1 saturated carbocycles. The second kappa shape index (κ2) is 6.56. The quantitative estimate of drug-likeness (QED) is 0.887. The molecule has 3 nitrogen and oxygen atoms in total. The van der Waals surface area contributed by atoms with Gasteiger partial charge in [-0.2, -0.15) is 0 Å². The minimum absolute atomic E-state index is 0.732. The van der Waals surface area contributed by atoms with Crippen molar-refractivity contribution in [3.63, 3.8) is 0 Å². The minimum atomic E-state index is 0.732. The van der Waals surface area contributed by atoms with Crippen molar-refractivity contribution in [1.29, 1.82) is 0 Å². The number of nitrogens with zero attached hydrogens (tertiary/aromatic N) is 2. The molecular formula is C16H29N3. The highest BCUT2D eigenvalue weighted by Crippen LogP contribution is 2.39. The Morgan fingerprint density at radius 3 is 2.74 bits per heavy atom. The molecule has 2 rings (SSSR count). The van der Waals surface area contributed by atoms with E-state index in [0.29, 0.717) is 0 Å². The third-order valence-corrected chi connectivity index (χ3v) is 5.09. The lowest BCUT2D eigenvalue weighted by Gasteiger charge is -2.37. The van der Waals surface area contributed by atoms with Crippen molar-refractivity contribution >= 4 is 0 Å². The van der Waals surface area contributed by atoms with E-state index in [2.05, 4.69) is 30.4 Å². The van der Waals surface area contributed by atoms with Crippen LogP contribution in [0, 0.1) is 23.7 Å². The number of nitrogens with two attached hydrogens (primary N) is 1. The molecule has 0 bridgehead atoms. The Hall–Kier alpha value is -0.830. The zero-order valence-electron chi connectivity index (χ0n) is 12.7. The van der Waals surface area contributed by atoms with Crippen LogP contribution in [-0.4, -0.2) is 16.1 Å². The fourth-order valence-corrected chi connectivity index (χ4v) is 3.58. The van der Waals surface area contributed by atoms with E-state index >= 15 is 0 Å². The summed E-state index contributed by atoms with van der Waals surface area (Å²) in [5, 5.41) is 0. The summed E-state index contributed by atoms with van der Waals surface area (Å²) in [6.45, 7) is 5.59. The monoisotopic (exact) mass is 263 g/mol. The smallest absolute Gasteiger partial charge is 0.108 e. The largest absolute Gasteiger partial charge is 0.338 e. The number of aromatic nitrogens is 2. The van der Waals surface area contributed by atoms with Crippen LogP contribution in [0.4, 0.5) is 0 Å². The molecule has 1 aliphatic carbocycles. The molecule has 1 aromatic rings. The lowest BCUT2D eigenvalue weighted by atomic mass is 9.69. The summed E-state index contributed by atoms with van der Waals surface area (Å²) in [6, 6.07) is 0. The van der Waals surface area contributed by atoms with Gasteiger partial charge in [0.15, 0.2) is 0 Å². The van der Waals surface area contributed by atoms with E-state index in [1.807, 2.05) is 12.4 Å². The Kier molecular flexibility index (Phi) is 5.03. The van der Waals surface area contributed by atoms with Crippen LogP contribution in [0.1, 0.15) is 45.4 Å². The normalized spacial score (nSPS) is 27.9. The number of rotatable bonds is 5. The number of hydrogen-bond acceptors (Lipinski definition) is 2. The Morgan fingerprint density at radius 2 is 2.16 bits per heavy atom. The predicted octanol–water partition coefficient (Wildman–Crippen LogP) is 3.00. The molecule has 3 atom stereocenters. The van der Waals surface area contributed by atoms with Crippen LogP contribution in [0.3, 0.4) is 0 Å². The fourth-order valence-electron chi connectivity index (χ4n) is 3.58. The van der Waals surface area contributed by atoms with Gasteiger partial charge in [0.25, 0.3) is 0 Å². The molecule has 2 N–H and O–H groups in total. The summed E-state index contributed by atoms with van der Waals surface area (Å²) < 4.78 is 2.14. The zero-order valence-corrected chi connectivity index (χ0v) is 12.7. The highest BCUT2D eigenvalue weighted by Gasteiger charge is 2.30. The summed E-state index contributed by atoms with van der Waals surface area (Å²) in [5.74, 6) is 4.45. The van der Waals surface area contributed by atoms with Gasteiger partial charge in [0.1, 0.15) is 5.82 Å². The van der Waals surface area contributed by atoms with Crippen LogP contribution in [0.2, 0.25) is 0 Å². The van der Waals surface area contributed by atoms with E-state index in [1.165, 1.54) is 31.5 Å². The van der Waals surface area contributed by atoms with Gasteiger partial charge >= 0.3 is 0 Å². The molecule has 1 fully saturated rings. The third-order valence-electron chi connectivity index (χ3n) is 5.09. The van der Waals surface area contributed by atoms with Crippen LogP contribution >= 0.6 is 0 Å². The van der Waals surface area contributed by atoms with E-state index in [0.717, 1.165) is 36.6 Å². The van der Waals surface area contributed by atoms with E-state index in [9.17, 15) is 0 Å². The Morgan fingerprint density at radius 1 is 1.37 bits per heavy atom. The van der Waals surface area contributed by atoms with Crippen LogP contribution in [0.5, 0.6) is 0 Å². The molecule has 0 amide bonds. The number of aryl methyl sites for hydroxylation is 2. The lowest BCUT2D eigenvalue weighted by molar-refractivity contribution is 0.144. The summed E-state index contributed by atoms with van der Waals surface area (Å²) in [4.78, 5) is 4.44. The maximum atomic E-state index is 5.97. The molecule has 1 heterocycles. The predicted molar refractivity (Wildman–Crippen MR) is 79.7 cm³/mol. The van der Waals surface area contributed by atoms with Crippen molar-refractivity contribution < 1.29 is 0 Å². The molecule has 108 valence electrons. The van der Waals surface area contributed by atoms with Gasteiger partial charge in [-0.05, 0) is 55.9 Å². The van der Waals surface area contributed by atoms with Crippen LogP contribution in [0.15, 0.2) is 12.4 Å². The van der Waals surface area contributed by atoms with E-state index in [1.54, 1.807) is 0 Å². The van der Waals surface area contributed by atoms with E-state index in [-0.39, 0.29) is 0 Å². The Balaban J connectivity index is 1.93. The van der Waals surface area contributed by atoms with Crippen molar-refractivity contribution in [1.82, 2.24) is 9.55 Å². The topological polar surface area (TPSA) is 43.8 Å². The van der Waals surface area contributed by atoms with Gasteiger partial charge in [-0.1, -0.05) is 13.8 Å². The zero-order chi connectivity index (χ0) is 13.8. The minimum Gasteiger partial charge on any atom is -0.338 e. The van der Waals surface area contributed by atoms with Crippen molar-refractivity contribution in [3.05, 3.63) is 18.2 Å². The molecule has 3 unspecified atom stereocenters. The molecule has 0 saturated heterocycles. The first-order chi connectivity index (χ1) is 9.11. The van der Waals surface area contributed by atoms with Crippen LogP contribution in [-0.2, 0) is 13.5 Å². The van der Waals surface area contributed by atoms with Gasteiger partial charge in [-0.25, -0.2) is 4.98 Å². The lowest BCUT2D eigenvalue weighted by Crippen LogP contribution is -2.32. The van der Waals surface area contributed by atoms with Crippen molar-refractivity contribution in [2.45, 2.75) is 46.0 Å². The molecule has 0 radical (unpaired) electrons. The SMILES string of the molecule is CC(C)C1CCC(CN)C(CCc2nccn2C)C1. The summed E-state index contributed by atoms with van der Waals surface area (Å²) in [7, 11) is 2.08. The number of imidazole rings is 1. The molecule has 1 aromatic heterocycles. The molecule has 19 heavy (non-hydrogen) atoms. The average Bonchev–Trinajstić information content (AvgIpc) is 2.81. The van der Waals surface area contributed by atoms with Crippen LogP contribution in [0.25, 0.3) is 0 Å². The highest BCUT2D eigenvalue weighted by molar-refractivity contribution is 4.93. The third kappa shape index (κ3) is 3.59. The maximum absolute atomic E-state index is 5.97. The fraction of sp³-hybridized carbons (Fsp3) is 0.812. The molecular weight excluding hydrogens is 234 g/mol. The molecule has 0 spiro atoms. The molecule has 3 heteroatoms. The first-order valence-corrected chi connectivity index (χ1v) is 7.78. The van der Waals surface area contributed by atoms with Gasteiger partial charge in [0.05, 0.1) is 0 Å². The van der Waals surface area contributed by atoms with Crippen LogP contribution < -0.4 is 5.73 Å². The maximum Gasteiger partial charge on any atom is 0.108 e. The molecule has 0 aromatic carbocycles. The van der Waals surface area contributed by atoms with Gasteiger partial charge < -0.3 is 10.3 Å². The van der Waals surface area contributed by atoms with Crippen molar-refractivity contribution in [2.24, 2.45) is 36.5 Å². The van der Waals surface area contributed by atoms with Crippen molar-refractivity contribution in [3.8, 4) is 0 Å². The van der Waals surface area contributed by atoms with Gasteiger partial charge in [-0.3, -0.25) is 0 Å². The molecule has 1 aliphatic rings. The van der Waals surface area contributed by atoms with Gasteiger partial charge in [-0.15, -0.1) is 0 Å². The second-order valence-corrected chi connectivity index (χ2v) is 6.57. The summed E-state index contributed by atoms with van der Waals surface area (Å²) in [6.07, 6.45) is 10.3. The first kappa shape index (κ1) is 14.6.